The van der Waals surface area contributed by atoms with Crippen LogP contribution in [-0.2, 0) is 24.1 Å². The van der Waals surface area contributed by atoms with Gasteiger partial charge in [-0.3, -0.25) is 9.59 Å². The fourth-order valence-electron chi connectivity index (χ4n) is 7.23. The number of carbonyl (C=O) groups is 3. The third kappa shape index (κ3) is 6.93. The second-order valence-corrected chi connectivity index (χ2v) is 13.2. The lowest BCUT2D eigenvalue weighted by atomic mass is 10.00. The van der Waals surface area contributed by atoms with Crippen LogP contribution in [-0.4, -0.2) is 93.4 Å². The van der Waals surface area contributed by atoms with E-state index < -0.39 is 18.2 Å². The van der Waals surface area contributed by atoms with Crippen molar-refractivity contribution in [1.82, 2.24) is 35.1 Å². The first kappa shape index (κ1) is 34.7. The number of fused-ring (bicyclic) bond motifs is 2. The zero-order valence-corrected chi connectivity index (χ0v) is 29.6. The molecule has 14 nitrogen and oxygen atoms in total. The summed E-state index contributed by atoms with van der Waals surface area (Å²) in [4.78, 5) is 71.6. The Labute approximate surface area is 300 Å². The zero-order valence-electron chi connectivity index (χ0n) is 29.6. The molecule has 0 aliphatic carbocycles. The summed E-state index contributed by atoms with van der Waals surface area (Å²) >= 11 is 0. The molecule has 0 spiro atoms. The van der Waals surface area contributed by atoms with Crippen molar-refractivity contribution in [3.8, 4) is 22.3 Å². The number of carbonyl (C=O) groups excluding carboxylic acids is 3. The Morgan fingerprint density at radius 3 is 1.79 bits per heavy atom. The summed E-state index contributed by atoms with van der Waals surface area (Å²) in [6.07, 6.45) is 3.86. The van der Waals surface area contributed by atoms with E-state index in [4.69, 9.17) is 14.9 Å². The number of H-pyrrole nitrogens is 2. The van der Waals surface area contributed by atoms with Gasteiger partial charge in [0.25, 0.3) is 0 Å². The Balaban J connectivity index is 1.05. The second-order valence-electron chi connectivity index (χ2n) is 13.2. The predicted molar refractivity (Wildman–Crippen MR) is 195 cm³/mol. The molecule has 3 aromatic carbocycles. The summed E-state index contributed by atoms with van der Waals surface area (Å²) in [5.41, 5.74) is 7.69. The molecule has 270 valence electrons. The lowest BCUT2D eigenvalue weighted by Crippen LogP contribution is -2.46. The van der Waals surface area contributed by atoms with Crippen LogP contribution in [0.15, 0.2) is 65.7 Å². The smallest absolute Gasteiger partial charge is 0.407 e. The van der Waals surface area contributed by atoms with Crippen molar-refractivity contribution in [2.75, 3.05) is 27.3 Å². The van der Waals surface area contributed by atoms with Gasteiger partial charge < -0.3 is 34.7 Å². The van der Waals surface area contributed by atoms with Crippen molar-refractivity contribution >= 4 is 46.4 Å². The van der Waals surface area contributed by atoms with Gasteiger partial charge >= 0.3 is 6.09 Å². The molecule has 0 saturated carbocycles. The van der Waals surface area contributed by atoms with Crippen LogP contribution in [0.4, 0.5) is 4.79 Å². The molecule has 2 saturated heterocycles. The number of alkyl carbamates (subject to hydrolysis) is 1. The summed E-state index contributed by atoms with van der Waals surface area (Å²) < 4.78 is 4.66. The maximum absolute atomic E-state index is 13.2. The number of nitrogens with zero attached hydrogens (tertiary/aromatic N) is 5. The van der Waals surface area contributed by atoms with Crippen molar-refractivity contribution < 1.29 is 28.9 Å². The number of hydrogen-bond acceptors (Lipinski definition) is 9. The van der Waals surface area contributed by atoms with E-state index in [2.05, 4.69) is 78.4 Å². The zero-order chi connectivity index (χ0) is 36.4. The Morgan fingerprint density at radius 1 is 0.788 bits per heavy atom. The SMILES string of the molecule is COOC=N[C@@H](C)C(=O)N1CCC[C@H]1c1nc2ccc(-c3ccc(-c4ccc5nc([C@@H]6CCCN6C(=O)[C@H](C)NC(=O)OC)[nH]c5c4)cc3)cc2[nH]1. The number of aromatic amines is 2. The van der Waals surface area contributed by atoms with E-state index in [-0.39, 0.29) is 23.9 Å². The molecular weight excluding hydrogens is 664 g/mol. The van der Waals surface area contributed by atoms with Gasteiger partial charge in [0.05, 0.1) is 48.4 Å². The molecule has 52 heavy (non-hydrogen) atoms. The number of ether oxygens (including phenoxy) is 1. The average Bonchev–Trinajstić information content (AvgIpc) is 3.99. The van der Waals surface area contributed by atoms with Crippen LogP contribution in [0.1, 0.15) is 63.3 Å². The number of methoxy groups -OCH3 is 1. The number of nitrogens with one attached hydrogen (secondary N) is 3. The first-order valence-corrected chi connectivity index (χ1v) is 17.5. The second kappa shape index (κ2) is 14.8. The average molecular weight is 707 g/mol. The van der Waals surface area contributed by atoms with Crippen LogP contribution in [0.2, 0.25) is 0 Å². The monoisotopic (exact) mass is 706 g/mol. The van der Waals surface area contributed by atoms with E-state index in [1.807, 2.05) is 17.0 Å². The molecular formula is C38H42N8O6. The van der Waals surface area contributed by atoms with Crippen molar-refractivity contribution in [2.45, 2.75) is 63.7 Å². The molecule has 0 unspecified atom stereocenters. The van der Waals surface area contributed by atoms with Crippen LogP contribution in [0.3, 0.4) is 0 Å². The first-order chi connectivity index (χ1) is 25.2. The molecule has 4 atom stereocenters. The Morgan fingerprint density at radius 2 is 1.29 bits per heavy atom. The van der Waals surface area contributed by atoms with Crippen molar-refractivity contribution in [1.29, 1.82) is 0 Å². The summed E-state index contributed by atoms with van der Waals surface area (Å²) in [7, 11) is 2.66. The number of likely N-dealkylation sites (tertiary alicyclic amines) is 2. The highest BCUT2D eigenvalue weighted by atomic mass is 17.2. The minimum atomic E-state index is -0.705. The standard InChI is InChI=1S/C38H42N8O6/c1-22(39-21-52-51-4)36(47)45-17-5-7-32(45)34-41-28-15-13-26(19-30(28)43-34)24-9-11-25(12-10-24)27-14-16-29-31(20-27)44-35(42-29)33-8-6-18-46(33)37(48)23(2)40-38(49)50-3/h9-16,19-23,32-33H,5-8,17-18H2,1-4H3,(H,40,49)(H,41,43)(H,42,44)/t22-,23-,32-,33-/m0/s1. The summed E-state index contributed by atoms with van der Waals surface area (Å²) in [6.45, 7) is 4.64. The van der Waals surface area contributed by atoms with E-state index in [1.165, 1.54) is 14.2 Å². The molecule has 2 fully saturated rings. The largest absolute Gasteiger partial charge is 0.453 e. The van der Waals surface area contributed by atoms with Gasteiger partial charge in [-0.15, -0.1) is 0 Å². The van der Waals surface area contributed by atoms with E-state index in [1.54, 1.807) is 18.7 Å². The van der Waals surface area contributed by atoms with Crippen LogP contribution in [0.25, 0.3) is 44.3 Å². The number of rotatable bonds is 10. The highest BCUT2D eigenvalue weighted by Crippen LogP contribution is 2.35. The molecule has 5 aromatic rings. The highest BCUT2D eigenvalue weighted by Gasteiger charge is 2.36. The molecule has 0 bridgehead atoms. The minimum Gasteiger partial charge on any atom is -0.453 e. The van der Waals surface area contributed by atoms with E-state index in [0.29, 0.717) is 13.1 Å². The van der Waals surface area contributed by atoms with Gasteiger partial charge in [0.1, 0.15) is 23.7 Å². The minimum absolute atomic E-state index is 0.0831. The topological polar surface area (TPSA) is 167 Å². The molecule has 14 heteroatoms. The molecule has 4 heterocycles. The van der Waals surface area contributed by atoms with Crippen molar-refractivity contribution in [2.24, 2.45) is 4.99 Å². The van der Waals surface area contributed by atoms with Crippen LogP contribution in [0.5, 0.6) is 0 Å². The Hall–Kier alpha value is -5.76. The van der Waals surface area contributed by atoms with Gasteiger partial charge in [-0.2, -0.15) is 4.89 Å². The maximum Gasteiger partial charge on any atom is 0.407 e. The fourth-order valence-corrected chi connectivity index (χ4v) is 7.23. The van der Waals surface area contributed by atoms with E-state index >= 15 is 0 Å². The first-order valence-electron chi connectivity index (χ1n) is 17.5. The van der Waals surface area contributed by atoms with Crippen molar-refractivity contribution in [3.05, 3.63) is 72.3 Å². The number of aromatic nitrogens is 4. The number of imidazole rings is 2. The van der Waals surface area contributed by atoms with Crippen LogP contribution >= 0.6 is 0 Å². The van der Waals surface area contributed by atoms with E-state index in [0.717, 1.165) is 88.1 Å². The van der Waals surface area contributed by atoms with Gasteiger partial charge in [-0.05, 0) is 86.1 Å². The van der Waals surface area contributed by atoms with Gasteiger partial charge in [0, 0.05) is 13.1 Å². The fraction of sp³-hybridized carbons (Fsp3) is 0.368. The van der Waals surface area contributed by atoms with Gasteiger partial charge in [-0.1, -0.05) is 36.4 Å². The quantitative estimate of drug-likeness (QED) is 0.0705. The van der Waals surface area contributed by atoms with Crippen LogP contribution < -0.4 is 5.32 Å². The van der Waals surface area contributed by atoms with E-state index in [9.17, 15) is 14.4 Å². The maximum atomic E-state index is 13.2. The van der Waals surface area contributed by atoms with Gasteiger partial charge in [0.15, 0.2) is 0 Å². The Kier molecular flexibility index (Phi) is 9.90. The molecule has 0 radical (unpaired) electrons. The third-order valence-electron chi connectivity index (χ3n) is 9.93. The lowest BCUT2D eigenvalue weighted by Gasteiger charge is -2.26. The molecule has 2 aromatic heterocycles. The molecule has 3 N–H and O–H groups in total. The molecule has 2 aliphatic rings. The number of benzene rings is 3. The number of hydrogen-bond donors (Lipinski definition) is 3. The third-order valence-corrected chi connectivity index (χ3v) is 9.93. The summed E-state index contributed by atoms with van der Waals surface area (Å²) in [6, 6.07) is 19.1. The number of aliphatic imine (C=N–C) groups is 1. The van der Waals surface area contributed by atoms with Crippen LogP contribution in [0, 0.1) is 0 Å². The molecule has 3 amide bonds. The lowest BCUT2D eigenvalue weighted by molar-refractivity contribution is -0.188. The molecule has 7 rings (SSSR count). The normalized spacial score (nSPS) is 18.7. The number of amides is 3. The summed E-state index contributed by atoms with van der Waals surface area (Å²) in [5, 5.41) is 2.57. The highest BCUT2D eigenvalue weighted by molar-refractivity contribution is 5.87. The summed E-state index contributed by atoms with van der Waals surface area (Å²) in [5.74, 6) is 1.26. The predicted octanol–water partition coefficient (Wildman–Crippen LogP) is 5.84. The van der Waals surface area contributed by atoms with Crippen molar-refractivity contribution in [3.63, 3.8) is 0 Å². The van der Waals surface area contributed by atoms with Gasteiger partial charge in [0.2, 0.25) is 18.2 Å². The van der Waals surface area contributed by atoms with Gasteiger partial charge in [-0.25, -0.2) is 19.8 Å². The molecule has 2 aliphatic heterocycles. The Bertz CT molecular complexity index is 2120.